The van der Waals surface area contributed by atoms with Crippen LogP contribution in [0.25, 0.3) is 0 Å². The summed E-state index contributed by atoms with van der Waals surface area (Å²) < 4.78 is 0. The van der Waals surface area contributed by atoms with Gasteiger partial charge < -0.3 is 15.5 Å². The van der Waals surface area contributed by atoms with E-state index in [4.69, 9.17) is 5.73 Å². The van der Waals surface area contributed by atoms with Crippen LogP contribution in [-0.2, 0) is 0 Å². The summed E-state index contributed by atoms with van der Waals surface area (Å²) in [5.41, 5.74) is 5.51. The minimum atomic E-state index is 0.343. The molecule has 5 nitrogen and oxygen atoms in total. The van der Waals surface area contributed by atoms with Crippen molar-refractivity contribution >= 4 is 11.8 Å². The topological polar surface area (TPSA) is 58.3 Å². The molecule has 1 aromatic heterocycles. The van der Waals surface area contributed by atoms with Gasteiger partial charge in [-0.2, -0.15) is 4.98 Å². The first-order valence-corrected chi connectivity index (χ1v) is 4.66. The predicted molar refractivity (Wildman–Crippen MR) is 56.1 cm³/mol. The van der Waals surface area contributed by atoms with Gasteiger partial charge in [0.05, 0.1) is 0 Å². The third-order valence-electron chi connectivity index (χ3n) is 2.58. The van der Waals surface area contributed by atoms with E-state index in [0.29, 0.717) is 12.0 Å². The van der Waals surface area contributed by atoms with E-state index in [-0.39, 0.29) is 0 Å². The third-order valence-corrected chi connectivity index (χ3v) is 2.58. The summed E-state index contributed by atoms with van der Waals surface area (Å²) in [7, 11) is 4.19. The molecule has 2 heterocycles. The van der Waals surface area contributed by atoms with Gasteiger partial charge in [0.15, 0.2) is 0 Å². The molecule has 0 spiro atoms. The van der Waals surface area contributed by atoms with Crippen LogP contribution in [0, 0.1) is 0 Å². The van der Waals surface area contributed by atoms with Crippen LogP contribution in [0.4, 0.5) is 11.8 Å². The highest BCUT2D eigenvalue weighted by molar-refractivity contribution is 5.44. The van der Waals surface area contributed by atoms with E-state index in [1.54, 1.807) is 6.20 Å². The first-order chi connectivity index (χ1) is 6.66. The number of nitrogens with zero attached hydrogens (tertiary/aromatic N) is 4. The number of likely N-dealkylation sites (N-methyl/N-ethyl adjacent to an activating group) is 1. The highest BCUT2D eigenvalue weighted by atomic mass is 15.3. The zero-order valence-corrected chi connectivity index (χ0v) is 8.51. The Morgan fingerprint density at radius 2 is 2.21 bits per heavy atom. The smallest absolute Gasteiger partial charge is 0.221 e. The molecule has 76 valence electrons. The van der Waals surface area contributed by atoms with E-state index >= 15 is 0 Å². The van der Waals surface area contributed by atoms with Gasteiger partial charge in [-0.1, -0.05) is 0 Å². The Morgan fingerprint density at radius 3 is 2.79 bits per heavy atom. The van der Waals surface area contributed by atoms with Crippen LogP contribution >= 0.6 is 0 Å². The number of rotatable bonds is 2. The highest BCUT2D eigenvalue weighted by Gasteiger charge is 2.29. The average Bonchev–Trinajstić information content (AvgIpc) is 2.00. The maximum Gasteiger partial charge on any atom is 0.221 e. The molecule has 0 unspecified atom stereocenters. The van der Waals surface area contributed by atoms with Crippen molar-refractivity contribution in [1.82, 2.24) is 14.9 Å². The number of anilines is 2. The number of hydrogen-bond donors (Lipinski definition) is 1. The molecule has 5 heteroatoms. The molecule has 0 saturated carbocycles. The Kier molecular flexibility index (Phi) is 2.25. The maximum absolute atomic E-state index is 5.51. The van der Waals surface area contributed by atoms with Crippen LogP contribution in [0.15, 0.2) is 12.3 Å². The van der Waals surface area contributed by atoms with Crippen LogP contribution in [0.3, 0.4) is 0 Å². The normalized spacial score (nSPS) is 17.2. The molecule has 14 heavy (non-hydrogen) atoms. The number of nitrogens with two attached hydrogens (primary N) is 1. The molecule has 1 saturated heterocycles. The van der Waals surface area contributed by atoms with Crippen molar-refractivity contribution in [2.24, 2.45) is 0 Å². The molecular weight excluding hydrogens is 178 g/mol. The van der Waals surface area contributed by atoms with Crippen LogP contribution in [0.2, 0.25) is 0 Å². The Hall–Kier alpha value is -1.36. The molecule has 1 aliphatic rings. The summed E-state index contributed by atoms with van der Waals surface area (Å²) in [5.74, 6) is 1.27. The van der Waals surface area contributed by atoms with Crippen molar-refractivity contribution < 1.29 is 0 Å². The lowest BCUT2D eigenvalue weighted by molar-refractivity contribution is 0.246. The molecule has 0 atom stereocenters. The largest absolute Gasteiger partial charge is 0.368 e. The van der Waals surface area contributed by atoms with Gasteiger partial charge in [-0.15, -0.1) is 0 Å². The van der Waals surface area contributed by atoms with Crippen LogP contribution in [0.1, 0.15) is 0 Å². The summed E-state index contributed by atoms with van der Waals surface area (Å²) in [6, 6.07) is 2.52. The lowest BCUT2D eigenvalue weighted by Crippen LogP contribution is -2.57. The van der Waals surface area contributed by atoms with E-state index in [1.807, 2.05) is 6.07 Å². The molecular formula is C9H15N5. The maximum atomic E-state index is 5.51. The minimum absolute atomic E-state index is 0.343. The molecule has 0 aromatic carbocycles. The first-order valence-electron chi connectivity index (χ1n) is 4.66. The van der Waals surface area contributed by atoms with Crippen LogP contribution in [-0.4, -0.2) is 48.1 Å². The lowest BCUT2D eigenvalue weighted by Gasteiger charge is -2.43. The second kappa shape index (κ2) is 3.42. The van der Waals surface area contributed by atoms with Gasteiger partial charge in [0.2, 0.25) is 5.95 Å². The van der Waals surface area contributed by atoms with E-state index in [9.17, 15) is 0 Å². The zero-order valence-electron chi connectivity index (χ0n) is 8.51. The molecule has 1 aromatic rings. The van der Waals surface area contributed by atoms with Crippen molar-refractivity contribution in [1.29, 1.82) is 0 Å². The van der Waals surface area contributed by atoms with Crippen molar-refractivity contribution in [2.75, 3.05) is 37.8 Å². The minimum Gasteiger partial charge on any atom is -0.368 e. The zero-order chi connectivity index (χ0) is 10.1. The quantitative estimate of drug-likeness (QED) is 0.705. The van der Waals surface area contributed by atoms with Crippen LogP contribution in [0.5, 0.6) is 0 Å². The number of hydrogen-bond acceptors (Lipinski definition) is 5. The fourth-order valence-corrected chi connectivity index (χ4v) is 1.51. The molecule has 0 aliphatic carbocycles. The molecule has 2 N–H and O–H groups in total. The van der Waals surface area contributed by atoms with Gasteiger partial charge in [0, 0.05) is 25.3 Å². The van der Waals surface area contributed by atoms with Gasteiger partial charge in [-0.25, -0.2) is 4.98 Å². The standard InChI is InChI=1S/C9H15N5/c1-13(2)7-5-14(6-7)8-3-4-11-9(10)12-8/h3-4,7H,5-6H2,1-2H3,(H2,10,11,12). The van der Waals surface area contributed by atoms with Gasteiger partial charge in [-0.3, -0.25) is 0 Å². The fraction of sp³-hybridized carbons (Fsp3) is 0.556. The molecule has 1 fully saturated rings. The first kappa shape index (κ1) is 9.21. The summed E-state index contributed by atoms with van der Waals surface area (Å²) in [6.45, 7) is 2.03. The Morgan fingerprint density at radius 1 is 1.50 bits per heavy atom. The molecule has 1 aliphatic heterocycles. The van der Waals surface area contributed by atoms with E-state index < -0.39 is 0 Å². The summed E-state index contributed by atoms with van der Waals surface area (Å²) >= 11 is 0. The summed E-state index contributed by atoms with van der Waals surface area (Å²) in [4.78, 5) is 12.4. The summed E-state index contributed by atoms with van der Waals surface area (Å²) in [6.07, 6.45) is 1.70. The van der Waals surface area contributed by atoms with Gasteiger partial charge >= 0.3 is 0 Å². The predicted octanol–water partition coefficient (Wildman–Crippen LogP) is -0.191. The molecule has 2 rings (SSSR count). The Balaban J connectivity index is 2.00. The lowest BCUT2D eigenvalue weighted by atomic mass is 10.1. The van der Waals surface area contributed by atoms with E-state index in [2.05, 4.69) is 33.9 Å². The molecule has 0 amide bonds. The molecule has 0 radical (unpaired) electrons. The van der Waals surface area contributed by atoms with Crippen molar-refractivity contribution in [2.45, 2.75) is 6.04 Å². The van der Waals surface area contributed by atoms with E-state index in [1.165, 1.54) is 0 Å². The van der Waals surface area contributed by atoms with E-state index in [0.717, 1.165) is 18.9 Å². The monoisotopic (exact) mass is 193 g/mol. The SMILES string of the molecule is CN(C)C1CN(c2ccnc(N)n2)C1. The van der Waals surface area contributed by atoms with Gasteiger partial charge in [-0.05, 0) is 20.2 Å². The third kappa shape index (κ3) is 1.63. The van der Waals surface area contributed by atoms with Crippen molar-refractivity contribution in [3.63, 3.8) is 0 Å². The van der Waals surface area contributed by atoms with Crippen molar-refractivity contribution in [3.8, 4) is 0 Å². The summed E-state index contributed by atoms with van der Waals surface area (Å²) in [5, 5.41) is 0. The van der Waals surface area contributed by atoms with Crippen LogP contribution < -0.4 is 10.6 Å². The van der Waals surface area contributed by atoms with Gasteiger partial charge in [0.25, 0.3) is 0 Å². The average molecular weight is 193 g/mol. The second-order valence-electron chi connectivity index (χ2n) is 3.80. The highest BCUT2D eigenvalue weighted by Crippen LogP contribution is 2.20. The second-order valence-corrected chi connectivity index (χ2v) is 3.80. The van der Waals surface area contributed by atoms with Gasteiger partial charge in [0.1, 0.15) is 5.82 Å². The van der Waals surface area contributed by atoms with Crippen molar-refractivity contribution in [3.05, 3.63) is 12.3 Å². The number of aromatic nitrogens is 2. The number of nitrogen functional groups attached to an aromatic ring is 1. The Labute approximate surface area is 83.5 Å². The fourth-order valence-electron chi connectivity index (χ4n) is 1.51. The molecule has 0 bridgehead atoms. The Bertz CT molecular complexity index is 319.